The van der Waals surface area contributed by atoms with Gasteiger partial charge in [0.1, 0.15) is 12.0 Å². The number of ether oxygens (including phenoxy) is 1. The van der Waals surface area contributed by atoms with Gasteiger partial charge in [-0.2, -0.15) is 4.98 Å². The van der Waals surface area contributed by atoms with Crippen molar-refractivity contribution in [2.24, 2.45) is 0 Å². The number of benzene rings is 1. The first-order valence-electron chi connectivity index (χ1n) is 10.2. The molecule has 2 aromatic heterocycles. The van der Waals surface area contributed by atoms with E-state index in [1.54, 1.807) is 27.9 Å². The third kappa shape index (κ3) is 3.55. The minimum atomic E-state index is -1.33. The monoisotopic (exact) mass is 446 g/mol. The third-order valence-corrected chi connectivity index (χ3v) is 5.78. The van der Waals surface area contributed by atoms with Gasteiger partial charge in [0.25, 0.3) is 0 Å². The number of imidazole rings is 1. The highest BCUT2D eigenvalue weighted by molar-refractivity contribution is 5.89. The molecule has 1 aliphatic heterocycles. The standard InChI is InChI=1S/C23H22N6O4/c1-4-17-11-12-23(5-2,21(30)33-3)28(17)20-18(29(31)32)15-25-22(26-20)27-14-13-24-19(27)16-9-7-6-8-10-16/h4-10,13-15,17H,1-2,11-12H2,3H3/t17-,23+/m1/s1. The van der Waals surface area contributed by atoms with Gasteiger partial charge in [-0.1, -0.05) is 42.5 Å². The molecule has 3 heterocycles. The molecule has 0 N–H and O–H groups in total. The first kappa shape index (κ1) is 21.9. The maximum atomic E-state index is 12.8. The number of nitrogens with zero attached hydrogens (tertiary/aromatic N) is 6. The Bertz CT molecular complexity index is 1220. The third-order valence-electron chi connectivity index (χ3n) is 5.78. The number of carbonyl (C=O) groups excluding carboxylic acids is 1. The second-order valence-corrected chi connectivity index (χ2v) is 7.45. The normalized spacial score (nSPS) is 19.8. The second-order valence-electron chi connectivity index (χ2n) is 7.45. The minimum Gasteiger partial charge on any atom is -0.467 e. The van der Waals surface area contributed by atoms with Crippen LogP contribution in [0, 0.1) is 10.1 Å². The van der Waals surface area contributed by atoms with Gasteiger partial charge in [0, 0.05) is 18.0 Å². The summed E-state index contributed by atoms with van der Waals surface area (Å²) < 4.78 is 6.67. The number of methoxy groups -OCH3 is 1. The summed E-state index contributed by atoms with van der Waals surface area (Å²) in [4.78, 5) is 38.9. The van der Waals surface area contributed by atoms with Crippen molar-refractivity contribution in [1.29, 1.82) is 0 Å². The number of hydrogen-bond donors (Lipinski definition) is 0. The Hall–Kier alpha value is -4.34. The molecule has 0 radical (unpaired) electrons. The van der Waals surface area contributed by atoms with E-state index in [9.17, 15) is 14.9 Å². The maximum absolute atomic E-state index is 12.8. The zero-order valence-corrected chi connectivity index (χ0v) is 18.0. The van der Waals surface area contributed by atoms with Crippen molar-refractivity contribution in [3.8, 4) is 17.3 Å². The van der Waals surface area contributed by atoms with Crippen molar-refractivity contribution in [1.82, 2.24) is 19.5 Å². The zero-order chi connectivity index (χ0) is 23.6. The van der Waals surface area contributed by atoms with Gasteiger partial charge in [0.15, 0.2) is 5.54 Å². The molecule has 1 saturated heterocycles. The molecule has 1 fully saturated rings. The van der Waals surface area contributed by atoms with Crippen LogP contribution in [0.25, 0.3) is 17.3 Å². The lowest BCUT2D eigenvalue weighted by Crippen LogP contribution is -2.52. The van der Waals surface area contributed by atoms with Gasteiger partial charge in [0.05, 0.1) is 18.1 Å². The number of anilines is 1. The van der Waals surface area contributed by atoms with E-state index in [4.69, 9.17) is 4.74 Å². The lowest BCUT2D eigenvalue weighted by Gasteiger charge is -2.36. The SMILES string of the molecule is C=C[C@@H]1CC[C@@](C=C)(C(=O)OC)N1c1nc(-n2ccnc2-c2ccccc2)ncc1[N+](=O)[O-]. The van der Waals surface area contributed by atoms with E-state index in [1.807, 2.05) is 30.3 Å². The van der Waals surface area contributed by atoms with Crippen LogP contribution in [-0.2, 0) is 9.53 Å². The number of nitro groups is 1. The Morgan fingerprint density at radius 2 is 2.06 bits per heavy atom. The summed E-state index contributed by atoms with van der Waals surface area (Å²) in [6.07, 6.45) is 8.34. The lowest BCUT2D eigenvalue weighted by molar-refractivity contribution is -0.384. The van der Waals surface area contributed by atoms with Crippen molar-refractivity contribution >= 4 is 17.5 Å². The fraction of sp³-hybridized carbons (Fsp3) is 0.217. The van der Waals surface area contributed by atoms with Crippen LogP contribution in [0.2, 0.25) is 0 Å². The van der Waals surface area contributed by atoms with E-state index in [2.05, 4.69) is 28.1 Å². The molecule has 4 rings (SSSR count). The number of carbonyl (C=O) groups is 1. The van der Waals surface area contributed by atoms with Gasteiger partial charge in [0.2, 0.25) is 11.8 Å². The van der Waals surface area contributed by atoms with Crippen LogP contribution in [-0.4, -0.2) is 49.1 Å². The Morgan fingerprint density at radius 3 is 2.70 bits per heavy atom. The number of rotatable bonds is 7. The van der Waals surface area contributed by atoms with E-state index < -0.39 is 22.5 Å². The summed E-state index contributed by atoms with van der Waals surface area (Å²) in [6.45, 7) is 7.67. The summed E-state index contributed by atoms with van der Waals surface area (Å²) in [5, 5.41) is 11.9. The molecule has 33 heavy (non-hydrogen) atoms. The first-order chi connectivity index (χ1) is 16.0. The summed E-state index contributed by atoms with van der Waals surface area (Å²) in [6, 6.07) is 9.02. The van der Waals surface area contributed by atoms with Gasteiger partial charge >= 0.3 is 11.7 Å². The second kappa shape index (κ2) is 8.65. The largest absolute Gasteiger partial charge is 0.467 e. The number of esters is 1. The first-order valence-corrected chi connectivity index (χ1v) is 10.2. The fourth-order valence-electron chi connectivity index (χ4n) is 4.19. The van der Waals surface area contributed by atoms with Crippen LogP contribution in [0.5, 0.6) is 0 Å². The minimum absolute atomic E-state index is 0.0228. The highest BCUT2D eigenvalue weighted by Gasteiger charge is 2.52. The van der Waals surface area contributed by atoms with Gasteiger partial charge in [-0.15, -0.1) is 13.2 Å². The van der Waals surface area contributed by atoms with Crippen LogP contribution in [0.15, 0.2) is 74.2 Å². The zero-order valence-electron chi connectivity index (χ0n) is 18.0. The van der Waals surface area contributed by atoms with Crippen LogP contribution >= 0.6 is 0 Å². The van der Waals surface area contributed by atoms with Gasteiger partial charge in [-0.25, -0.2) is 14.8 Å². The molecular formula is C23H22N6O4. The quantitative estimate of drug-likeness (QED) is 0.234. The maximum Gasteiger partial charge on any atom is 0.335 e. The highest BCUT2D eigenvalue weighted by atomic mass is 16.6. The van der Waals surface area contributed by atoms with Gasteiger partial charge in [-0.05, 0) is 12.8 Å². The molecule has 0 unspecified atom stereocenters. The smallest absolute Gasteiger partial charge is 0.335 e. The molecule has 1 aromatic carbocycles. The van der Waals surface area contributed by atoms with E-state index in [0.717, 1.165) is 11.8 Å². The summed E-state index contributed by atoms with van der Waals surface area (Å²) >= 11 is 0. The molecule has 0 amide bonds. The molecule has 0 bridgehead atoms. The Balaban J connectivity index is 1.93. The average molecular weight is 446 g/mol. The van der Waals surface area contributed by atoms with Gasteiger partial charge in [-0.3, -0.25) is 14.7 Å². The highest BCUT2D eigenvalue weighted by Crippen LogP contribution is 2.43. The topological polar surface area (TPSA) is 116 Å². The van der Waals surface area contributed by atoms with E-state index in [-0.39, 0.29) is 17.5 Å². The van der Waals surface area contributed by atoms with Crippen LogP contribution < -0.4 is 4.90 Å². The molecule has 10 nitrogen and oxygen atoms in total. The van der Waals surface area contributed by atoms with Gasteiger partial charge < -0.3 is 9.64 Å². The molecule has 0 saturated carbocycles. The fourth-order valence-corrected chi connectivity index (χ4v) is 4.19. The molecule has 0 aliphatic carbocycles. The van der Waals surface area contributed by atoms with Crippen molar-refractivity contribution < 1.29 is 14.5 Å². The molecule has 10 heteroatoms. The molecule has 2 atom stereocenters. The summed E-state index contributed by atoms with van der Waals surface area (Å²) in [7, 11) is 1.27. The van der Waals surface area contributed by atoms with Crippen molar-refractivity contribution in [2.75, 3.05) is 12.0 Å². The number of aromatic nitrogens is 4. The van der Waals surface area contributed by atoms with Crippen LogP contribution in [0.1, 0.15) is 12.8 Å². The molecule has 1 aliphatic rings. The summed E-state index contributed by atoms with van der Waals surface area (Å²) in [5.41, 5.74) is -0.851. The van der Waals surface area contributed by atoms with Crippen molar-refractivity contribution in [3.63, 3.8) is 0 Å². The lowest BCUT2D eigenvalue weighted by atomic mass is 9.96. The van der Waals surface area contributed by atoms with Crippen molar-refractivity contribution in [2.45, 2.75) is 24.4 Å². The predicted molar refractivity (Wildman–Crippen MR) is 122 cm³/mol. The number of hydrogen-bond acceptors (Lipinski definition) is 8. The van der Waals surface area contributed by atoms with E-state index in [1.165, 1.54) is 13.2 Å². The molecule has 168 valence electrons. The molecule has 3 aromatic rings. The predicted octanol–water partition coefficient (Wildman–Crippen LogP) is 3.49. The van der Waals surface area contributed by atoms with Crippen LogP contribution in [0.4, 0.5) is 11.5 Å². The van der Waals surface area contributed by atoms with E-state index in [0.29, 0.717) is 18.7 Å². The summed E-state index contributed by atoms with van der Waals surface area (Å²) in [5.74, 6) is 0.138. The molecule has 0 spiro atoms. The van der Waals surface area contributed by atoms with E-state index >= 15 is 0 Å². The Morgan fingerprint density at radius 1 is 1.30 bits per heavy atom. The Kier molecular flexibility index (Phi) is 5.74. The Labute approximate surface area is 190 Å². The average Bonchev–Trinajstić information content (AvgIpc) is 3.49. The molecular weight excluding hydrogens is 424 g/mol. The van der Waals surface area contributed by atoms with Crippen molar-refractivity contribution in [3.05, 3.63) is 84.3 Å². The van der Waals surface area contributed by atoms with Crippen LogP contribution in [0.3, 0.4) is 0 Å².